The van der Waals surface area contributed by atoms with Crippen LogP contribution in [0, 0.1) is 0 Å². The number of halogens is 3. The molecule has 0 spiro atoms. The lowest BCUT2D eigenvalue weighted by molar-refractivity contribution is -0.206. The quantitative estimate of drug-likeness (QED) is 0.846. The van der Waals surface area contributed by atoms with Crippen LogP contribution in [0.25, 0.3) is 10.8 Å². The maximum absolute atomic E-state index is 12.7. The third kappa shape index (κ3) is 2.73. The first-order valence-corrected chi connectivity index (χ1v) is 6.08. The highest BCUT2D eigenvalue weighted by Crippen LogP contribution is 2.36. The Morgan fingerprint density at radius 1 is 1.05 bits per heavy atom. The second-order valence-corrected chi connectivity index (χ2v) is 4.93. The van der Waals surface area contributed by atoms with Crippen molar-refractivity contribution in [3.63, 3.8) is 0 Å². The van der Waals surface area contributed by atoms with E-state index in [4.69, 9.17) is 0 Å². The van der Waals surface area contributed by atoms with Crippen molar-refractivity contribution in [1.82, 2.24) is 0 Å². The van der Waals surface area contributed by atoms with Gasteiger partial charge >= 0.3 is 6.18 Å². The summed E-state index contributed by atoms with van der Waals surface area (Å²) in [4.78, 5) is 0. The van der Waals surface area contributed by atoms with Crippen molar-refractivity contribution in [2.75, 3.05) is 0 Å². The molecule has 0 aliphatic heterocycles. The Bertz CT molecular complexity index is 587. The van der Waals surface area contributed by atoms with Crippen LogP contribution in [0.15, 0.2) is 36.4 Å². The molecule has 0 saturated carbocycles. The number of alkyl halides is 3. The third-order valence-corrected chi connectivity index (χ3v) is 3.21. The van der Waals surface area contributed by atoms with Crippen molar-refractivity contribution in [2.45, 2.75) is 32.0 Å². The molecule has 0 bridgehead atoms. The number of aliphatic hydroxyl groups excluding tert-OH is 1. The summed E-state index contributed by atoms with van der Waals surface area (Å²) in [5.74, 6) is 0.223. The fourth-order valence-electron chi connectivity index (χ4n) is 2.09. The highest BCUT2D eigenvalue weighted by Gasteiger charge is 2.40. The van der Waals surface area contributed by atoms with Crippen LogP contribution < -0.4 is 0 Å². The van der Waals surface area contributed by atoms with Gasteiger partial charge in [-0.25, -0.2) is 0 Å². The van der Waals surface area contributed by atoms with Crippen LogP contribution in [-0.2, 0) is 0 Å². The fraction of sp³-hybridized carbons (Fsp3) is 0.333. The van der Waals surface area contributed by atoms with Gasteiger partial charge < -0.3 is 5.11 Å². The van der Waals surface area contributed by atoms with Crippen LogP contribution in [0.1, 0.15) is 37.0 Å². The van der Waals surface area contributed by atoms with E-state index < -0.39 is 12.3 Å². The Kier molecular flexibility index (Phi) is 3.54. The second-order valence-electron chi connectivity index (χ2n) is 4.93. The molecule has 0 aliphatic rings. The lowest BCUT2D eigenvalue weighted by Crippen LogP contribution is -2.20. The summed E-state index contributed by atoms with van der Waals surface area (Å²) in [6.07, 6.45) is -7.10. The third-order valence-electron chi connectivity index (χ3n) is 3.21. The molecule has 2 aromatic carbocycles. The number of rotatable bonds is 2. The van der Waals surface area contributed by atoms with Crippen molar-refractivity contribution in [3.8, 4) is 0 Å². The van der Waals surface area contributed by atoms with E-state index in [-0.39, 0.29) is 11.5 Å². The highest BCUT2D eigenvalue weighted by atomic mass is 19.4. The Balaban J connectivity index is 2.64. The molecule has 0 radical (unpaired) electrons. The van der Waals surface area contributed by atoms with Crippen molar-refractivity contribution < 1.29 is 18.3 Å². The van der Waals surface area contributed by atoms with E-state index in [9.17, 15) is 18.3 Å². The molecule has 4 heteroatoms. The van der Waals surface area contributed by atoms with E-state index in [0.29, 0.717) is 10.8 Å². The predicted molar refractivity (Wildman–Crippen MR) is 69.1 cm³/mol. The molecule has 0 amide bonds. The number of hydrogen-bond donors (Lipinski definition) is 1. The molecule has 0 aromatic heterocycles. The molecule has 0 aliphatic carbocycles. The maximum atomic E-state index is 12.7. The van der Waals surface area contributed by atoms with Gasteiger partial charge in [0.15, 0.2) is 6.10 Å². The van der Waals surface area contributed by atoms with Crippen LogP contribution >= 0.6 is 0 Å². The fourth-order valence-corrected chi connectivity index (χ4v) is 2.09. The van der Waals surface area contributed by atoms with E-state index in [0.717, 1.165) is 5.56 Å². The van der Waals surface area contributed by atoms with Crippen LogP contribution in [0.4, 0.5) is 13.2 Å². The summed E-state index contributed by atoms with van der Waals surface area (Å²) >= 11 is 0. The average molecular weight is 268 g/mol. The van der Waals surface area contributed by atoms with Gasteiger partial charge in [-0.2, -0.15) is 13.2 Å². The minimum absolute atomic E-state index is 0.0903. The van der Waals surface area contributed by atoms with Gasteiger partial charge in [-0.15, -0.1) is 0 Å². The Morgan fingerprint density at radius 2 is 1.74 bits per heavy atom. The van der Waals surface area contributed by atoms with Gasteiger partial charge in [-0.3, -0.25) is 0 Å². The molecule has 102 valence electrons. The normalized spacial score (nSPS) is 14.1. The van der Waals surface area contributed by atoms with E-state index in [1.807, 2.05) is 19.9 Å². The first-order valence-electron chi connectivity index (χ1n) is 6.08. The first-order chi connectivity index (χ1) is 8.80. The second kappa shape index (κ2) is 4.85. The van der Waals surface area contributed by atoms with Crippen molar-refractivity contribution in [1.29, 1.82) is 0 Å². The number of fused-ring (bicyclic) bond motifs is 1. The summed E-state index contributed by atoms with van der Waals surface area (Å²) in [5, 5.41) is 10.6. The Labute approximate surface area is 109 Å². The summed E-state index contributed by atoms with van der Waals surface area (Å²) in [5.41, 5.74) is 0.863. The Morgan fingerprint density at radius 3 is 2.32 bits per heavy atom. The summed E-state index contributed by atoms with van der Waals surface area (Å²) in [6, 6.07) is 10.0. The molecule has 2 rings (SSSR count). The standard InChI is InChI=1S/C15H15F3O/c1-9(2)11-7-6-10-4-3-5-12(13(10)8-11)14(19)15(16,17)18/h3-9,14,19H,1-2H3. The molecule has 2 aromatic rings. The minimum Gasteiger partial charge on any atom is -0.379 e. The van der Waals surface area contributed by atoms with Gasteiger partial charge in [-0.1, -0.05) is 50.2 Å². The highest BCUT2D eigenvalue weighted by molar-refractivity contribution is 5.86. The van der Waals surface area contributed by atoms with Crippen LogP contribution in [0.2, 0.25) is 0 Å². The van der Waals surface area contributed by atoms with Crippen LogP contribution in [0.3, 0.4) is 0 Å². The molecule has 19 heavy (non-hydrogen) atoms. The van der Waals surface area contributed by atoms with E-state index in [1.165, 1.54) is 12.1 Å². The number of hydrogen-bond acceptors (Lipinski definition) is 1. The number of benzene rings is 2. The van der Waals surface area contributed by atoms with Gasteiger partial charge in [0.25, 0.3) is 0 Å². The molecule has 1 nitrogen and oxygen atoms in total. The largest absolute Gasteiger partial charge is 0.418 e. The monoisotopic (exact) mass is 268 g/mol. The van der Waals surface area contributed by atoms with Crippen molar-refractivity contribution in [2.24, 2.45) is 0 Å². The predicted octanol–water partition coefficient (Wildman–Crippen LogP) is 4.56. The van der Waals surface area contributed by atoms with Gasteiger partial charge in [0.2, 0.25) is 0 Å². The van der Waals surface area contributed by atoms with E-state index in [1.54, 1.807) is 18.2 Å². The van der Waals surface area contributed by atoms with E-state index >= 15 is 0 Å². The lowest BCUT2D eigenvalue weighted by Gasteiger charge is -2.17. The molecule has 0 saturated heterocycles. The average Bonchev–Trinajstić information content (AvgIpc) is 2.35. The van der Waals surface area contributed by atoms with Gasteiger partial charge in [0.05, 0.1) is 0 Å². The molecular weight excluding hydrogens is 253 g/mol. The SMILES string of the molecule is CC(C)c1ccc2cccc(C(O)C(F)(F)F)c2c1. The van der Waals surface area contributed by atoms with E-state index in [2.05, 4.69) is 0 Å². The van der Waals surface area contributed by atoms with Crippen molar-refractivity contribution >= 4 is 10.8 Å². The topological polar surface area (TPSA) is 20.2 Å². The van der Waals surface area contributed by atoms with Gasteiger partial charge in [-0.05, 0) is 27.8 Å². The van der Waals surface area contributed by atoms with Gasteiger partial charge in [0, 0.05) is 0 Å². The molecular formula is C15H15F3O. The van der Waals surface area contributed by atoms with Gasteiger partial charge in [0.1, 0.15) is 0 Å². The maximum Gasteiger partial charge on any atom is 0.418 e. The molecule has 0 fully saturated rings. The van der Waals surface area contributed by atoms with Crippen LogP contribution in [0.5, 0.6) is 0 Å². The Hall–Kier alpha value is -1.55. The lowest BCUT2D eigenvalue weighted by atomic mass is 9.94. The zero-order chi connectivity index (χ0) is 14.2. The summed E-state index contributed by atoms with van der Waals surface area (Å²) < 4.78 is 38.0. The summed E-state index contributed by atoms with van der Waals surface area (Å²) in [7, 11) is 0. The number of aliphatic hydroxyl groups is 1. The smallest absolute Gasteiger partial charge is 0.379 e. The molecule has 1 N–H and O–H groups in total. The zero-order valence-corrected chi connectivity index (χ0v) is 10.7. The zero-order valence-electron chi connectivity index (χ0n) is 10.7. The molecule has 1 atom stereocenters. The van der Waals surface area contributed by atoms with Crippen LogP contribution in [-0.4, -0.2) is 11.3 Å². The molecule has 1 unspecified atom stereocenters. The summed E-state index contributed by atoms with van der Waals surface area (Å²) in [6.45, 7) is 3.95. The minimum atomic E-state index is -4.65. The first kappa shape index (κ1) is 13.9. The van der Waals surface area contributed by atoms with Crippen molar-refractivity contribution in [3.05, 3.63) is 47.5 Å². The molecule has 0 heterocycles.